The lowest BCUT2D eigenvalue weighted by Crippen LogP contribution is -2.13. The van der Waals surface area contributed by atoms with Crippen LogP contribution in [0.1, 0.15) is 16.7 Å². The molecule has 21 rings (SSSR count). The molecule has 5 radical (unpaired) electrons. The van der Waals surface area contributed by atoms with Gasteiger partial charge < -0.3 is 69.4 Å². The van der Waals surface area contributed by atoms with Crippen LogP contribution in [0.15, 0.2) is 398 Å². The van der Waals surface area contributed by atoms with Crippen molar-refractivity contribution in [2.24, 2.45) is 0 Å². The number of rotatable bonds is 27. The minimum absolute atomic E-state index is 0.503. The van der Waals surface area contributed by atoms with Gasteiger partial charge in [0.15, 0.2) is 27.9 Å². The molecule has 0 unspecified atom stereocenters. The highest BCUT2D eigenvalue weighted by molar-refractivity contribution is 6.23. The van der Waals surface area contributed by atoms with E-state index < -0.39 is 79.4 Å². The maximum Gasteiger partial charge on any atom is 0.881 e. The third-order valence-electron chi connectivity index (χ3n) is 20.1. The van der Waals surface area contributed by atoms with Crippen LogP contribution >= 0.6 is 0 Å². The van der Waals surface area contributed by atoms with Crippen molar-refractivity contribution >= 4 is 146 Å². The summed E-state index contributed by atoms with van der Waals surface area (Å²) in [6.07, 6.45) is 0. The average Bonchev–Trinajstić information content (AvgIpc) is 1.71. The second-order valence-electron chi connectivity index (χ2n) is 28.9. The zero-order chi connectivity index (χ0) is 89.3. The molecule has 0 saturated heterocycles. The van der Waals surface area contributed by atoms with Gasteiger partial charge in [-0.05, 0) is 219 Å². The Kier molecular flexibility index (Phi) is 29.7. The van der Waals surface area contributed by atoms with E-state index in [2.05, 4.69) is 43.1 Å². The number of hydrogen-bond acceptors (Lipinski definition) is 22. The highest BCUT2D eigenvalue weighted by Gasteiger charge is 2.23. The zero-order valence-corrected chi connectivity index (χ0v) is 77.1. The summed E-state index contributed by atoms with van der Waals surface area (Å²) in [5.74, 6) is 11.6. The van der Waals surface area contributed by atoms with Crippen LogP contribution in [0, 0.1) is 20.8 Å². The fourth-order valence-corrected chi connectivity index (χ4v) is 16.9. The fraction of sp³-hybridized carbons (Fsp3) is 0.0481. The molecule has 0 fully saturated rings. The number of methoxy groups -OCH3 is 2. The smallest absolute Gasteiger partial charge is 0.616 e. The van der Waals surface area contributed by atoms with Crippen LogP contribution in [0.4, 0.5) is 0 Å². The standard InChI is InChI=1S/C14H11NO3.C14H11NO2.3C13H9NO2.C10H8O.C8H10O.C7H8O2.2C6H6O.5Al/c1-17-9-6-7-10(12(16)8-9)14-15-11-4-2-3-5-13(11)18-14;1-9-6-7-11-13(8-9)17-14(15-11)10-4-2-3-5-12(10)16;3*15-11-7-3-1-5-9(11)13-14-10-6-2-4-8-12(10)16-13;11-10-7-3-5-8-4-1-2-6-9(8)10;1-6-4-3-5-7(2)8(6)9;1-9-7-4-2-6(8)3-5-7;2*7-6-4-2-1-3-5-6;;;;;/h2-8,16H,1H3;2-8,16H,1H3;3*1-8,15H;1-7,11H;3-5,9H,1-2H3;2-5,8H,1H3;2*1-5,7H;;;;;/q;;;;;;;;;;5*+2/p-10. The molecule has 0 N–H and O–H groups in total. The summed E-state index contributed by atoms with van der Waals surface area (Å²) >= 11 is -3.62. The number of oxazole rings is 5. The summed E-state index contributed by atoms with van der Waals surface area (Å²) in [5, 5.41) is 2.22. The van der Waals surface area contributed by atoms with Gasteiger partial charge in [-0.2, -0.15) is 0 Å². The molecule has 5 aromatic heterocycles. The van der Waals surface area contributed by atoms with Crippen LogP contribution in [0.25, 0.3) is 124 Å². The van der Waals surface area contributed by atoms with E-state index in [-0.39, 0.29) is 0 Å². The summed E-state index contributed by atoms with van der Waals surface area (Å²) in [6.45, 7) is 6.10. The normalized spacial score (nSPS) is 10.6. The van der Waals surface area contributed by atoms with Gasteiger partial charge in [0.1, 0.15) is 39.1 Å². The van der Waals surface area contributed by atoms with Crippen molar-refractivity contribution in [3.63, 3.8) is 0 Å². The molecular formula is C104H77Al5N5O17. The predicted molar refractivity (Wildman–Crippen MR) is 509 cm³/mol. The van der Waals surface area contributed by atoms with Crippen molar-refractivity contribution in [3.05, 3.63) is 393 Å². The molecule has 0 saturated carbocycles. The van der Waals surface area contributed by atoms with E-state index in [1.165, 1.54) is 0 Å². The predicted octanol–water partition coefficient (Wildman–Crippen LogP) is 24.5. The Labute approximate surface area is 787 Å². The molecule has 0 atom stereocenters. The first-order chi connectivity index (χ1) is 64.6. The van der Waals surface area contributed by atoms with Gasteiger partial charge in [0.05, 0.1) is 99.5 Å². The number of benzene rings is 16. The molecule has 0 amide bonds. The first-order valence-corrected chi connectivity index (χ1v) is 46.2. The van der Waals surface area contributed by atoms with E-state index in [4.69, 9.17) is 69.4 Å². The SMILES string of the molecule is COc1ccc(-c2nc3ccccc3o2)c([O][Al][O]c2ccccc2)c1.COc1ccc([O][Al][O]c2ccccc2-c2nc3ccccc3o2)cc1.Cc1ccc2nc(-c3ccccc3[O][Al][O]c3ccccc3)oc2c1.Cc1cccc(C)c1[O][Al][O]c1ccccc1-c1nc2ccccc2o1.c1ccc(-c2nc3ccccc3o2)c([O][Al][O]c2cccc3ccccc23)c1. The summed E-state index contributed by atoms with van der Waals surface area (Å²) in [5.41, 5.74) is 15.2. The monoisotopic (exact) mass is 1800 g/mol. The van der Waals surface area contributed by atoms with E-state index in [1.54, 1.807) is 14.2 Å². The molecule has 16 aromatic carbocycles. The van der Waals surface area contributed by atoms with E-state index in [9.17, 15) is 0 Å². The van der Waals surface area contributed by atoms with Crippen LogP contribution < -0.4 is 47.4 Å². The number of hydrogen-bond donors (Lipinski definition) is 0. The van der Waals surface area contributed by atoms with Crippen molar-refractivity contribution in [1.29, 1.82) is 0 Å². The van der Waals surface area contributed by atoms with Gasteiger partial charge in [0, 0.05) is 11.5 Å². The number of nitrogens with zero attached hydrogens (tertiary/aromatic N) is 5. The molecule has 0 bridgehead atoms. The quantitative estimate of drug-likeness (QED) is 0.0435. The third-order valence-corrected chi connectivity index (χ3v) is 23.6. The second-order valence-corrected chi connectivity index (χ2v) is 32.3. The van der Waals surface area contributed by atoms with Crippen LogP contribution in [0.3, 0.4) is 0 Å². The maximum atomic E-state index is 6.00. The van der Waals surface area contributed by atoms with Gasteiger partial charge in [0.2, 0.25) is 29.5 Å². The molecule has 27 heteroatoms. The molecule has 131 heavy (non-hydrogen) atoms. The molecule has 635 valence electrons. The fourth-order valence-electron chi connectivity index (χ4n) is 13.6. The maximum absolute atomic E-state index is 6.00. The highest BCUT2D eigenvalue weighted by atomic mass is 27.2. The van der Waals surface area contributed by atoms with Crippen molar-refractivity contribution in [3.8, 4) is 126 Å². The number of ether oxygens (including phenoxy) is 2. The Hall–Kier alpha value is -14.6. The number of aromatic nitrogens is 5. The Bertz CT molecular complexity index is 7210. The average molecular weight is 1800 g/mol. The van der Waals surface area contributed by atoms with E-state index in [0.717, 1.165) is 145 Å². The lowest BCUT2D eigenvalue weighted by molar-refractivity contribution is 0.409. The molecular weight excluding hydrogens is 1730 g/mol. The van der Waals surface area contributed by atoms with Crippen molar-refractivity contribution in [2.45, 2.75) is 20.8 Å². The van der Waals surface area contributed by atoms with Gasteiger partial charge in [-0.3, -0.25) is 0 Å². The lowest BCUT2D eigenvalue weighted by Gasteiger charge is -2.14. The first-order valence-electron chi connectivity index (χ1n) is 41.5. The Morgan fingerprint density at radius 2 is 0.519 bits per heavy atom. The number of aryl methyl sites for hydroxylation is 3. The minimum Gasteiger partial charge on any atom is -0.616 e. The van der Waals surface area contributed by atoms with Gasteiger partial charge >= 0.3 is 79.4 Å². The molecule has 0 aliphatic rings. The van der Waals surface area contributed by atoms with E-state index in [1.807, 2.05) is 379 Å². The van der Waals surface area contributed by atoms with Gasteiger partial charge in [-0.25, -0.2) is 24.9 Å². The van der Waals surface area contributed by atoms with Crippen molar-refractivity contribution in [1.82, 2.24) is 24.9 Å². The highest BCUT2D eigenvalue weighted by Crippen LogP contribution is 2.40. The Morgan fingerprint density at radius 1 is 0.214 bits per heavy atom. The Morgan fingerprint density at radius 3 is 0.954 bits per heavy atom. The second kappa shape index (κ2) is 43.9. The van der Waals surface area contributed by atoms with Gasteiger partial charge in [-0.15, -0.1) is 0 Å². The molecule has 0 spiro atoms. The van der Waals surface area contributed by atoms with Crippen molar-refractivity contribution < 1.29 is 69.4 Å². The molecule has 0 aliphatic carbocycles. The molecule has 21 aromatic rings. The third kappa shape index (κ3) is 22.9. The summed E-state index contributed by atoms with van der Waals surface area (Å²) in [6, 6.07) is 120. The summed E-state index contributed by atoms with van der Waals surface area (Å²) in [4.78, 5) is 22.8. The zero-order valence-electron chi connectivity index (χ0n) is 71.4. The topological polar surface area (TPSA) is 241 Å². The van der Waals surface area contributed by atoms with Crippen LogP contribution in [0.5, 0.6) is 69.0 Å². The Balaban J connectivity index is 0.000000115. The van der Waals surface area contributed by atoms with Gasteiger partial charge in [0.25, 0.3) is 0 Å². The van der Waals surface area contributed by atoms with E-state index in [0.29, 0.717) is 64.0 Å². The summed E-state index contributed by atoms with van der Waals surface area (Å²) in [7, 11) is 3.25. The summed E-state index contributed by atoms with van der Waals surface area (Å²) < 4.78 is 98.5. The van der Waals surface area contributed by atoms with Crippen LogP contribution in [-0.4, -0.2) is 119 Å². The molecule has 22 nitrogen and oxygen atoms in total. The minimum atomic E-state index is -0.749. The van der Waals surface area contributed by atoms with Crippen LogP contribution in [0.2, 0.25) is 0 Å². The van der Waals surface area contributed by atoms with Crippen molar-refractivity contribution in [2.75, 3.05) is 14.2 Å². The molecule has 0 aliphatic heterocycles. The molecule has 5 heterocycles. The van der Waals surface area contributed by atoms with Gasteiger partial charge in [-0.1, -0.05) is 194 Å². The number of para-hydroxylation sites is 15. The lowest BCUT2D eigenvalue weighted by atomic mass is 10.1. The van der Waals surface area contributed by atoms with Crippen LogP contribution in [-0.2, 0) is 0 Å². The number of fused-ring (bicyclic) bond motifs is 6. The van der Waals surface area contributed by atoms with E-state index >= 15 is 0 Å². The largest absolute Gasteiger partial charge is 0.881 e. The first kappa shape index (κ1) is 88.4.